The molecule has 1 spiro atoms. The summed E-state index contributed by atoms with van der Waals surface area (Å²) < 4.78 is 1.48. The lowest BCUT2D eigenvalue weighted by molar-refractivity contribution is -0.923. The molecule has 0 amide bonds. The first-order valence-electron chi connectivity index (χ1n) is 5.47. The maximum atomic E-state index is 2.43. The van der Waals surface area contributed by atoms with Crippen LogP contribution in [0.1, 0.15) is 39.5 Å². The first-order valence-corrected chi connectivity index (χ1v) is 5.47. The highest BCUT2D eigenvalue weighted by molar-refractivity contribution is 4.74. The fourth-order valence-electron chi connectivity index (χ4n) is 2.77. The fourth-order valence-corrected chi connectivity index (χ4v) is 2.77. The van der Waals surface area contributed by atoms with Gasteiger partial charge in [-0.3, -0.25) is 0 Å². The summed E-state index contributed by atoms with van der Waals surface area (Å²) >= 11 is 0. The molecule has 78 valence electrons. The molecule has 0 aromatic heterocycles. The Morgan fingerprint density at radius 2 is 1.31 bits per heavy atom. The van der Waals surface area contributed by atoms with Crippen LogP contribution in [0.25, 0.3) is 0 Å². The van der Waals surface area contributed by atoms with Crippen molar-refractivity contribution in [2.45, 2.75) is 39.5 Å². The molecule has 2 aliphatic rings. The molecule has 0 radical (unpaired) electrons. The van der Waals surface area contributed by atoms with Crippen LogP contribution in [0, 0.1) is 5.41 Å². The van der Waals surface area contributed by atoms with Gasteiger partial charge in [0.2, 0.25) is 0 Å². The molecule has 2 rings (SSSR count). The van der Waals surface area contributed by atoms with Crippen molar-refractivity contribution in [2.24, 2.45) is 5.41 Å². The zero-order valence-electron chi connectivity index (χ0n) is 8.98. The first kappa shape index (κ1) is 11.3. The number of hydrogen-bond acceptors (Lipinski definition) is 0. The van der Waals surface area contributed by atoms with Crippen LogP contribution in [0.5, 0.6) is 0 Å². The summed E-state index contributed by atoms with van der Waals surface area (Å²) in [6, 6.07) is 0. The largest absolute Gasteiger partial charge is 1.00 e. The molecule has 0 aliphatic carbocycles. The fraction of sp³-hybridized carbons (Fsp3) is 1.00. The van der Waals surface area contributed by atoms with E-state index in [0.717, 1.165) is 0 Å². The third-order valence-electron chi connectivity index (χ3n) is 4.04. The Morgan fingerprint density at radius 3 is 1.77 bits per heavy atom. The predicted octanol–water partition coefficient (Wildman–Crippen LogP) is -0.579. The Hall–Kier alpha value is 0.250. The molecule has 0 N–H and O–H groups in total. The Labute approximate surface area is 88.5 Å². The number of nitrogens with zero attached hydrogens (tertiary/aromatic N) is 1. The maximum absolute atomic E-state index is 2.43. The smallest absolute Gasteiger partial charge is 0.0791 e. The summed E-state index contributed by atoms with van der Waals surface area (Å²) in [6.45, 7) is 10.8. The van der Waals surface area contributed by atoms with E-state index in [4.69, 9.17) is 0 Å². The molecular weight excluding hydrogens is 182 g/mol. The third-order valence-corrected chi connectivity index (χ3v) is 4.04. The van der Waals surface area contributed by atoms with Gasteiger partial charge in [0.15, 0.2) is 0 Å². The molecule has 2 saturated heterocycles. The summed E-state index contributed by atoms with van der Waals surface area (Å²) in [5.74, 6) is 0. The summed E-state index contributed by atoms with van der Waals surface area (Å²) in [5, 5.41) is 0. The van der Waals surface area contributed by atoms with Crippen LogP contribution in [0.2, 0.25) is 0 Å². The van der Waals surface area contributed by atoms with Crippen LogP contribution >= 0.6 is 0 Å². The van der Waals surface area contributed by atoms with Crippen molar-refractivity contribution in [3.8, 4) is 0 Å². The SMILES string of the molecule is CC1(C)CC[N+]2(CCCC2)CC1.[Cl-]. The minimum absolute atomic E-state index is 0. The highest BCUT2D eigenvalue weighted by atomic mass is 35.5. The van der Waals surface area contributed by atoms with Gasteiger partial charge >= 0.3 is 0 Å². The molecule has 0 aromatic carbocycles. The van der Waals surface area contributed by atoms with E-state index in [9.17, 15) is 0 Å². The van der Waals surface area contributed by atoms with E-state index < -0.39 is 0 Å². The lowest BCUT2D eigenvalue weighted by Gasteiger charge is -2.43. The van der Waals surface area contributed by atoms with Gasteiger partial charge in [-0.1, -0.05) is 13.8 Å². The van der Waals surface area contributed by atoms with Crippen molar-refractivity contribution < 1.29 is 16.9 Å². The lowest BCUT2D eigenvalue weighted by atomic mass is 9.82. The molecule has 0 bridgehead atoms. The molecule has 2 heterocycles. The van der Waals surface area contributed by atoms with Gasteiger partial charge < -0.3 is 16.9 Å². The second-order valence-corrected chi connectivity index (χ2v) is 5.61. The van der Waals surface area contributed by atoms with Crippen molar-refractivity contribution in [1.29, 1.82) is 0 Å². The summed E-state index contributed by atoms with van der Waals surface area (Å²) in [7, 11) is 0. The highest BCUT2D eigenvalue weighted by Gasteiger charge is 2.39. The van der Waals surface area contributed by atoms with Gasteiger partial charge in [-0.15, -0.1) is 0 Å². The zero-order valence-corrected chi connectivity index (χ0v) is 9.74. The molecule has 0 saturated carbocycles. The van der Waals surface area contributed by atoms with Crippen molar-refractivity contribution in [1.82, 2.24) is 0 Å². The molecule has 2 aliphatic heterocycles. The quantitative estimate of drug-likeness (QED) is 0.463. The van der Waals surface area contributed by atoms with Gasteiger partial charge in [-0.25, -0.2) is 0 Å². The van der Waals surface area contributed by atoms with Crippen molar-refractivity contribution >= 4 is 0 Å². The molecule has 0 unspecified atom stereocenters. The van der Waals surface area contributed by atoms with Crippen LogP contribution in [0.4, 0.5) is 0 Å². The Morgan fingerprint density at radius 1 is 0.846 bits per heavy atom. The van der Waals surface area contributed by atoms with Crippen molar-refractivity contribution in [3.63, 3.8) is 0 Å². The second kappa shape index (κ2) is 3.78. The van der Waals surface area contributed by atoms with Crippen LogP contribution in [-0.4, -0.2) is 30.7 Å². The minimum atomic E-state index is 0. The van der Waals surface area contributed by atoms with Gasteiger partial charge in [0.1, 0.15) is 0 Å². The van der Waals surface area contributed by atoms with Crippen LogP contribution in [0.15, 0.2) is 0 Å². The molecule has 13 heavy (non-hydrogen) atoms. The second-order valence-electron chi connectivity index (χ2n) is 5.61. The molecule has 1 nitrogen and oxygen atoms in total. The van der Waals surface area contributed by atoms with Gasteiger partial charge in [0.05, 0.1) is 26.2 Å². The average molecular weight is 204 g/mol. The van der Waals surface area contributed by atoms with E-state index in [1.165, 1.54) is 56.3 Å². The van der Waals surface area contributed by atoms with E-state index in [0.29, 0.717) is 5.41 Å². The molecule has 2 heteroatoms. The maximum Gasteiger partial charge on any atom is 0.0791 e. The monoisotopic (exact) mass is 203 g/mol. The summed E-state index contributed by atoms with van der Waals surface area (Å²) in [4.78, 5) is 0. The Bertz CT molecular complexity index is 159. The summed E-state index contributed by atoms with van der Waals surface area (Å²) in [5.41, 5.74) is 0.645. The van der Waals surface area contributed by atoms with Gasteiger partial charge in [-0.05, 0) is 5.41 Å². The lowest BCUT2D eigenvalue weighted by Crippen LogP contribution is -3.00. The van der Waals surface area contributed by atoms with Gasteiger partial charge in [0.25, 0.3) is 0 Å². The zero-order chi connectivity index (χ0) is 8.66. The minimum Gasteiger partial charge on any atom is -1.00 e. The number of quaternary nitrogens is 1. The van der Waals surface area contributed by atoms with E-state index in [-0.39, 0.29) is 12.4 Å². The Balaban J connectivity index is 0.000000845. The standard InChI is InChI=1S/C11H22N.ClH/c1-11(2)5-9-12(10-6-11)7-3-4-8-12;/h3-10H2,1-2H3;1H/q+1;/p-1. The summed E-state index contributed by atoms with van der Waals surface area (Å²) in [6.07, 6.45) is 5.88. The van der Waals surface area contributed by atoms with Crippen LogP contribution < -0.4 is 12.4 Å². The number of halogens is 1. The number of rotatable bonds is 0. The molecule has 0 aromatic rings. The van der Waals surface area contributed by atoms with Gasteiger partial charge in [0, 0.05) is 25.7 Å². The topological polar surface area (TPSA) is 0 Å². The van der Waals surface area contributed by atoms with E-state index in [1.807, 2.05) is 0 Å². The number of piperidine rings is 1. The molecule has 0 atom stereocenters. The first-order chi connectivity index (χ1) is 5.62. The van der Waals surface area contributed by atoms with Crippen molar-refractivity contribution in [3.05, 3.63) is 0 Å². The third kappa shape index (κ3) is 2.38. The van der Waals surface area contributed by atoms with Crippen LogP contribution in [-0.2, 0) is 0 Å². The predicted molar refractivity (Wildman–Crippen MR) is 52.0 cm³/mol. The molecular formula is C11H22ClN. The number of hydrogen-bond donors (Lipinski definition) is 0. The molecule has 2 fully saturated rings. The van der Waals surface area contributed by atoms with E-state index in [1.54, 1.807) is 0 Å². The average Bonchev–Trinajstić information content (AvgIpc) is 2.46. The Kier molecular flexibility index (Phi) is 3.29. The van der Waals surface area contributed by atoms with E-state index in [2.05, 4.69) is 13.8 Å². The van der Waals surface area contributed by atoms with Crippen LogP contribution in [0.3, 0.4) is 0 Å². The highest BCUT2D eigenvalue weighted by Crippen LogP contribution is 2.35. The normalized spacial score (nSPS) is 30.0. The van der Waals surface area contributed by atoms with E-state index >= 15 is 0 Å². The van der Waals surface area contributed by atoms with Crippen molar-refractivity contribution in [2.75, 3.05) is 26.2 Å². The van der Waals surface area contributed by atoms with Gasteiger partial charge in [-0.2, -0.15) is 0 Å².